The van der Waals surface area contributed by atoms with E-state index in [1.54, 1.807) is 20.8 Å². The molecule has 0 aromatic carbocycles. The average molecular weight is 247 g/mol. The van der Waals surface area contributed by atoms with Crippen molar-refractivity contribution in [2.45, 2.75) is 58.0 Å². The third-order valence-electron chi connectivity index (χ3n) is 2.64. The van der Waals surface area contributed by atoms with Crippen molar-refractivity contribution >= 4 is 12.1 Å². The van der Waals surface area contributed by atoms with E-state index >= 15 is 0 Å². The SMILES string of the molecule is C[C@H]1[C@@H](F)C[C@@H](C(=O)O)N1C(=O)OC(C)(C)C. The number of halogens is 1. The number of likely N-dealkylation sites (tertiary alicyclic amines) is 1. The molecule has 0 spiro atoms. The van der Waals surface area contributed by atoms with Gasteiger partial charge in [0.25, 0.3) is 0 Å². The summed E-state index contributed by atoms with van der Waals surface area (Å²) < 4.78 is 18.5. The van der Waals surface area contributed by atoms with E-state index < -0.39 is 35.9 Å². The summed E-state index contributed by atoms with van der Waals surface area (Å²) in [6, 6.07) is -1.92. The number of carbonyl (C=O) groups excluding carboxylic acids is 1. The first-order chi connectivity index (χ1) is 7.63. The van der Waals surface area contributed by atoms with E-state index in [9.17, 15) is 14.0 Å². The van der Waals surface area contributed by atoms with E-state index in [2.05, 4.69) is 0 Å². The van der Waals surface area contributed by atoms with E-state index in [-0.39, 0.29) is 6.42 Å². The number of rotatable bonds is 1. The van der Waals surface area contributed by atoms with Crippen LogP contribution in [0.1, 0.15) is 34.1 Å². The quantitative estimate of drug-likeness (QED) is 0.767. The lowest BCUT2D eigenvalue weighted by atomic mass is 10.2. The second-order valence-electron chi connectivity index (χ2n) is 5.23. The van der Waals surface area contributed by atoms with Gasteiger partial charge in [0.05, 0.1) is 6.04 Å². The van der Waals surface area contributed by atoms with Crippen molar-refractivity contribution in [1.29, 1.82) is 0 Å². The number of carbonyl (C=O) groups is 2. The van der Waals surface area contributed by atoms with Crippen molar-refractivity contribution in [2.75, 3.05) is 0 Å². The summed E-state index contributed by atoms with van der Waals surface area (Å²) >= 11 is 0. The lowest BCUT2D eigenvalue weighted by Gasteiger charge is -2.29. The minimum Gasteiger partial charge on any atom is -0.480 e. The molecule has 6 heteroatoms. The highest BCUT2D eigenvalue weighted by Crippen LogP contribution is 2.28. The molecule has 1 aliphatic heterocycles. The van der Waals surface area contributed by atoms with Gasteiger partial charge in [-0.15, -0.1) is 0 Å². The highest BCUT2D eigenvalue weighted by molar-refractivity contribution is 5.81. The number of hydrogen-bond donors (Lipinski definition) is 1. The molecule has 0 aliphatic carbocycles. The highest BCUT2D eigenvalue weighted by Gasteiger charge is 2.46. The normalized spacial score (nSPS) is 29.2. The minimum absolute atomic E-state index is 0.185. The minimum atomic E-state index is -1.33. The molecule has 0 bridgehead atoms. The van der Waals surface area contributed by atoms with Crippen LogP contribution < -0.4 is 0 Å². The second-order valence-corrected chi connectivity index (χ2v) is 5.23. The maximum atomic E-state index is 13.5. The molecule has 1 aliphatic rings. The van der Waals surface area contributed by atoms with Gasteiger partial charge in [0.1, 0.15) is 17.8 Å². The number of hydrogen-bond acceptors (Lipinski definition) is 3. The van der Waals surface area contributed by atoms with Crippen LogP contribution in [-0.4, -0.2) is 45.9 Å². The monoisotopic (exact) mass is 247 g/mol. The fraction of sp³-hybridized carbons (Fsp3) is 0.818. The van der Waals surface area contributed by atoms with Gasteiger partial charge in [-0.1, -0.05) is 0 Å². The highest BCUT2D eigenvalue weighted by atomic mass is 19.1. The first kappa shape index (κ1) is 13.7. The van der Waals surface area contributed by atoms with Gasteiger partial charge in [0.15, 0.2) is 0 Å². The molecule has 0 saturated carbocycles. The first-order valence-electron chi connectivity index (χ1n) is 5.51. The first-order valence-corrected chi connectivity index (χ1v) is 5.51. The van der Waals surface area contributed by atoms with E-state index in [1.807, 2.05) is 0 Å². The molecule has 1 fully saturated rings. The van der Waals surface area contributed by atoms with E-state index in [4.69, 9.17) is 9.84 Å². The number of ether oxygens (including phenoxy) is 1. The smallest absolute Gasteiger partial charge is 0.411 e. The van der Waals surface area contributed by atoms with E-state index in [0.29, 0.717) is 0 Å². The summed E-state index contributed by atoms with van der Waals surface area (Å²) in [4.78, 5) is 23.7. The van der Waals surface area contributed by atoms with Crippen LogP contribution in [0.15, 0.2) is 0 Å². The van der Waals surface area contributed by atoms with Gasteiger partial charge in [-0.3, -0.25) is 4.90 Å². The maximum absolute atomic E-state index is 13.5. The van der Waals surface area contributed by atoms with E-state index in [0.717, 1.165) is 4.90 Å². The Morgan fingerprint density at radius 1 is 1.41 bits per heavy atom. The Bertz CT molecular complexity index is 326. The Kier molecular flexibility index (Phi) is 3.64. The third-order valence-corrected chi connectivity index (χ3v) is 2.64. The predicted octanol–water partition coefficient (Wildman–Crippen LogP) is 1.81. The standard InChI is InChI=1S/C11H18FNO4/c1-6-7(12)5-8(9(14)15)13(6)10(16)17-11(2,3)4/h6-8H,5H2,1-4H3,(H,14,15)/t6-,7-,8-/m0/s1. The summed E-state index contributed by atoms with van der Waals surface area (Å²) in [6.45, 7) is 6.51. The Hall–Kier alpha value is -1.33. The van der Waals surface area contributed by atoms with Crippen molar-refractivity contribution < 1.29 is 23.8 Å². The molecule has 3 atom stereocenters. The Morgan fingerprint density at radius 3 is 2.35 bits per heavy atom. The van der Waals surface area contributed by atoms with Gasteiger partial charge in [0.2, 0.25) is 0 Å². The Morgan fingerprint density at radius 2 is 1.94 bits per heavy atom. The van der Waals surface area contributed by atoms with Crippen LogP contribution >= 0.6 is 0 Å². The summed E-state index contributed by atoms with van der Waals surface area (Å²) in [7, 11) is 0. The van der Waals surface area contributed by atoms with Crippen molar-refractivity contribution in [3.05, 3.63) is 0 Å². The van der Waals surface area contributed by atoms with Gasteiger partial charge in [-0.2, -0.15) is 0 Å². The van der Waals surface area contributed by atoms with Gasteiger partial charge in [-0.05, 0) is 27.7 Å². The summed E-state index contributed by atoms with van der Waals surface area (Å²) in [5.41, 5.74) is -0.728. The van der Waals surface area contributed by atoms with Crippen molar-refractivity contribution in [3.8, 4) is 0 Å². The topological polar surface area (TPSA) is 66.8 Å². The summed E-state index contributed by atoms with van der Waals surface area (Å²) in [5, 5.41) is 8.95. The predicted molar refractivity (Wildman–Crippen MR) is 58.5 cm³/mol. The number of alkyl halides is 1. The van der Waals surface area contributed by atoms with Crippen molar-refractivity contribution in [2.24, 2.45) is 0 Å². The molecule has 0 aromatic rings. The summed E-state index contributed by atoms with van der Waals surface area (Å²) in [5.74, 6) is -1.21. The molecule has 0 radical (unpaired) electrons. The van der Waals surface area contributed by atoms with Crippen LogP contribution in [0, 0.1) is 0 Å². The third kappa shape index (κ3) is 3.08. The molecule has 0 aromatic heterocycles. The van der Waals surface area contributed by atoms with Crippen LogP contribution in [0.25, 0.3) is 0 Å². The van der Waals surface area contributed by atoms with E-state index in [1.165, 1.54) is 6.92 Å². The van der Waals surface area contributed by atoms with Crippen molar-refractivity contribution in [1.82, 2.24) is 4.90 Å². The van der Waals surface area contributed by atoms with Crippen LogP contribution in [0.2, 0.25) is 0 Å². The number of carboxylic acids is 1. The van der Waals surface area contributed by atoms with Gasteiger partial charge in [-0.25, -0.2) is 14.0 Å². The molecule has 1 amide bonds. The van der Waals surface area contributed by atoms with Gasteiger partial charge < -0.3 is 9.84 Å². The molecule has 5 nitrogen and oxygen atoms in total. The Labute approximate surface area is 99.5 Å². The summed E-state index contributed by atoms with van der Waals surface area (Å²) in [6.07, 6.45) is -2.29. The van der Waals surface area contributed by atoms with Crippen LogP contribution in [0.3, 0.4) is 0 Å². The zero-order valence-corrected chi connectivity index (χ0v) is 10.4. The molecular weight excluding hydrogens is 229 g/mol. The Balaban J connectivity index is 2.85. The lowest BCUT2D eigenvalue weighted by molar-refractivity contribution is -0.142. The van der Waals surface area contributed by atoms with Gasteiger partial charge in [0, 0.05) is 6.42 Å². The fourth-order valence-electron chi connectivity index (χ4n) is 1.81. The van der Waals surface area contributed by atoms with Crippen LogP contribution in [0.4, 0.5) is 9.18 Å². The molecule has 1 N–H and O–H groups in total. The number of amides is 1. The zero-order chi connectivity index (χ0) is 13.4. The number of nitrogens with zero attached hydrogens (tertiary/aromatic N) is 1. The number of aliphatic carboxylic acids is 1. The average Bonchev–Trinajstić information content (AvgIpc) is 2.40. The second kappa shape index (κ2) is 4.50. The van der Waals surface area contributed by atoms with Crippen LogP contribution in [0.5, 0.6) is 0 Å². The number of carboxylic acid groups (broad SMARTS) is 1. The molecule has 98 valence electrons. The van der Waals surface area contributed by atoms with Crippen LogP contribution in [-0.2, 0) is 9.53 Å². The molecule has 17 heavy (non-hydrogen) atoms. The molecule has 1 saturated heterocycles. The lowest BCUT2D eigenvalue weighted by Crippen LogP contribution is -2.47. The zero-order valence-electron chi connectivity index (χ0n) is 10.4. The van der Waals surface area contributed by atoms with Crippen molar-refractivity contribution in [3.63, 3.8) is 0 Å². The molecular formula is C11H18FNO4. The fourth-order valence-corrected chi connectivity index (χ4v) is 1.81. The maximum Gasteiger partial charge on any atom is 0.411 e. The molecule has 1 rings (SSSR count). The van der Waals surface area contributed by atoms with Gasteiger partial charge >= 0.3 is 12.1 Å². The largest absolute Gasteiger partial charge is 0.480 e. The molecule has 1 heterocycles. The molecule has 0 unspecified atom stereocenters.